The fraction of sp³-hybridized carbons (Fsp3) is 0.259. The van der Waals surface area contributed by atoms with Gasteiger partial charge in [0.1, 0.15) is 23.0 Å². The van der Waals surface area contributed by atoms with Gasteiger partial charge in [-0.05, 0) is 55.7 Å². The maximum absolute atomic E-state index is 13.9. The first-order chi connectivity index (χ1) is 18.4. The van der Waals surface area contributed by atoms with Gasteiger partial charge in [0.15, 0.2) is 0 Å². The quantitative estimate of drug-likeness (QED) is 0.306. The molecule has 2 aromatic carbocycles. The number of carboxylic acids is 1. The van der Waals surface area contributed by atoms with Gasteiger partial charge in [0, 0.05) is 6.54 Å². The summed E-state index contributed by atoms with van der Waals surface area (Å²) in [7, 11) is -4.42. The van der Waals surface area contributed by atoms with E-state index in [-0.39, 0.29) is 28.3 Å². The number of carbonyl (C=O) groups is 3. The van der Waals surface area contributed by atoms with Crippen LogP contribution in [0.3, 0.4) is 0 Å². The van der Waals surface area contributed by atoms with Gasteiger partial charge in [-0.25, -0.2) is 22.6 Å². The lowest BCUT2D eigenvalue weighted by Crippen LogP contribution is -2.51. The first-order valence-corrected chi connectivity index (χ1v) is 13.3. The van der Waals surface area contributed by atoms with Crippen LogP contribution in [0.2, 0.25) is 0 Å². The van der Waals surface area contributed by atoms with Crippen LogP contribution in [0.1, 0.15) is 39.0 Å². The number of halogens is 1. The number of sulfonamides is 1. The normalized spacial score (nSPS) is 13.1. The number of aliphatic hydroxyl groups is 1. The van der Waals surface area contributed by atoms with Gasteiger partial charge in [-0.2, -0.15) is 4.31 Å². The largest absolute Gasteiger partial charge is 0.477 e. The minimum Gasteiger partial charge on any atom is -0.477 e. The lowest BCUT2D eigenvalue weighted by molar-refractivity contribution is -0.117. The number of aromatic nitrogens is 1. The maximum atomic E-state index is 13.9. The third-order valence-electron chi connectivity index (χ3n) is 5.84. The molecule has 2 unspecified atom stereocenters. The van der Waals surface area contributed by atoms with Crippen molar-refractivity contribution >= 4 is 27.7 Å². The number of nitrogens with one attached hydrogen (secondary N) is 1. The summed E-state index contributed by atoms with van der Waals surface area (Å²) in [5.41, 5.74) is 0.379. The van der Waals surface area contributed by atoms with Gasteiger partial charge in [0.2, 0.25) is 10.0 Å². The molecule has 0 aliphatic carbocycles. The van der Waals surface area contributed by atoms with Crippen molar-refractivity contribution in [3.05, 3.63) is 95.1 Å². The fourth-order valence-corrected chi connectivity index (χ4v) is 5.61. The minimum atomic E-state index is -4.42. The Morgan fingerprint density at radius 2 is 1.69 bits per heavy atom. The van der Waals surface area contributed by atoms with Crippen LogP contribution in [-0.2, 0) is 21.2 Å². The molecular formula is C27H28FN3O7S. The molecular weight excluding hydrogens is 529 g/mol. The van der Waals surface area contributed by atoms with Gasteiger partial charge in [0.25, 0.3) is 5.91 Å². The Kier molecular flexibility index (Phi) is 9.62. The number of rotatable bonds is 12. The number of carbonyl (C=O) groups excluding carboxylic acids is 2. The SMILES string of the molecule is CC(=O)CN(CC(O)C(Cc1ccccc1)NC(=O)c1cccc(C(=O)O)n1)S(=O)(=O)c1cc(F)ccc1C. The summed E-state index contributed by atoms with van der Waals surface area (Å²) in [6.45, 7) is 1.46. The highest BCUT2D eigenvalue weighted by Gasteiger charge is 2.33. The molecule has 206 valence electrons. The zero-order valence-electron chi connectivity index (χ0n) is 21.2. The van der Waals surface area contributed by atoms with E-state index in [9.17, 15) is 37.4 Å². The molecule has 12 heteroatoms. The number of ketones is 1. The number of Topliss-reactive ketones (excluding diaryl/α,β-unsaturated/α-hetero) is 1. The number of hydrogen-bond donors (Lipinski definition) is 3. The van der Waals surface area contributed by atoms with Gasteiger partial charge in [0.05, 0.1) is 23.6 Å². The van der Waals surface area contributed by atoms with Crippen molar-refractivity contribution < 1.29 is 37.4 Å². The highest BCUT2D eigenvalue weighted by molar-refractivity contribution is 7.89. The van der Waals surface area contributed by atoms with Gasteiger partial charge in [-0.1, -0.05) is 42.5 Å². The Balaban J connectivity index is 1.94. The van der Waals surface area contributed by atoms with E-state index in [1.54, 1.807) is 30.3 Å². The third kappa shape index (κ3) is 7.76. The van der Waals surface area contributed by atoms with E-state index in [1.807, 2.05) is 0 Å². The maximum Gasteiger partial charge on any atom is 0.354 e. The lowest BCUT2D eigenvalue weighted by atomic mass is 10.0. The number of nitrogens with zero attached hydrogens (tertiary/aromatic N) is 2. The number of carboxylic acid groups (broad SMARTS) is 1. The topological polar surface area (TPSA) is 154 Å². The molecule has 2 atom stereocenters. The Morgan fingerprint density at radius 3 is 2.33 bits per heavy atom. The second kappa shape index (κ2) is 12.7. The number of aryl methyl sites for hydroxylation is 1. The van der Waals surface area contributed by atoms with Gasteiger partial charge in [-0.3, -0.25) is 9.59 Å². The standard InChI is InChI=1S/C27H28FN3O7S/c1-17-11-12-20(28)14-25(17)39(37,38)31(15-18(2)32)16-24(33)23(13-19-7-4-3-5-8-19)30-26(34)21-9-6-10-22(29-21)27(35)36/h3-12,14,23-24,33H,13,15-16H2,1-2H3,(H,30,34)(H,35,36). The summed E-state index contributed by atoms with van der Waals surface area (Å²) >= 11 is 0. The molecule has 3 aromatic rings. The van der Waals surface area contributed by atoms with Crippen molar-refractivity contribution in [1.29, 1.82) is 0 Å². The molecule has 0 aliphatic heterocycles. The van der Waals surface area contributed by atoms with Crippen LogP contribution >= 0.6 is 0 Å². The Bertz CT molecular complexity index is 1470. The van der Waals surface area contributed by atoms with Crippen molar-refractivity contribution in [2.75, 3.05) is 13.1 Å². The van der Waals surface area contributed by atoms with E-state index < -0.39 is 58.7 Å². The Labute approximate surface area is 225 Å². The van der Waals surface area contributed by atoms with Gasteiger partial charge in [-0.15, -0.1) is 0 Å². The molecule has 1 amide bonds. The second-order valence-electron chi connectivity index (χ2n) is 8.96. The van der Waals surface area contributed by atoms with E-state index in [0.29, 0.717) is 5.56 Å². The molecule has 0 saturated heterocycles. The number of benzene rings is 2. The Morgan fingerprint density at radius 1 is 1.03 bits per heavy atom. The molecule has 0 bridgehead atoms. The molecule has 0 aliphatic rings. The molecule has 1 heterocycles. The summed E-state index contributed by atoms with van der Waals surface area (Å²) in [6.07, 6.45) is -1.46. The molecule has 0 spiro atoms. The number of amides is 1. The van der Waals surface area contributed by atoms with Crippen LogP contribution in [-0.4, -0.2) is 70.8 Å². The number of aliphatic hydroxyl groups excluding tert-OH is 1. The number of pyridine rings is 1. The summed E-state index contributed by atoms with van der Waals surface area (Å²) < 4.78 is 41.6. The molecule has 0 saturated carbocycles. The minimum absolute atomic E-state index is 0.0688. The summed E-state index contributed by atoms with van der Waals surface area (Å²) in [4.78, 5) is 39.7. The predicted octanol–water partition coefficient (Wildman–Crippen LogP) is 2.21. The van der Waals surface area contributed by atoms with Crippen LogP contribution in [0.25, 0.3) is 0 Å². The van der Waals surface area contributed by atoms with E-state index in [1.165, 1.54) is 38.1 Å². The van der Waals surface area contributed by atoms with Crippen molar-refractivity contribution in [3.8, 4) is 0 Å². The van der Waals surface area contributed by atoms with E-state index in [2.05, 4.69) is 10.3 Å². The first-order valence-electron chi connectivity index (χ1n) is 11.9. The van der Waals surface area contributed by atoms with E-state index >= 15 is 0 Å². The monoisotopic (exact) mass is 557 g/mol. The molecule has 0 radical (unpaired) electrons. The van der Waals surface area contributed by atoms with Crippen LogP contribution < -0.4 is 5.32 Å². The zero-order valence-corrected chi connectivity index (χ0v) is 22.1. The zero-order chi connectivity index (χ0) is 28.7. The fourth-order valence-electron chi connectivity index (χ4n) is 3.90. The smallest absolute Gasteiger partial charge is 0.354 e. The number of hydrogen-bond acceptors (Lipinski definition) is 7. The average molecular weight is 558 g/mol. The van der Waals surface area contributed by atoms with Crippen LogP contribution in [0.4, 0.5) is 4.39 Å². The molecule has 39 heavy (non-hydrogen) atoms. The third-order valence-corrected chi connectivity index (χ3v) is 7.79. The van der Waals surface area contributed by atoms with Gasteiger partial charge < -0.3 is 15.5 Å². The summed E-state index contributed by atoms with van der Waals surface area (Å²) in [5.74, 6) is -3.42. The van der Waals surface area contributed by atoms with Crippen LogP contribution in [0.15, 0.2) is 71.6 Å². The number of aromatic carboxylic acids is 1. The highest BCUT2D eigenvalue weighted by Crippen LogP contribution is 2.22. The molecule has 0 fully saturated rings. The van der Waals surface area contributed by atoms with E-state index in [4.69, 9.17) is 0 Å². The van der Waals surface area contributed by atoms with Crippen molar-refractivity contribution in [3.63, 3.8) is 0 Å². The van der Waals surface area contributed by atoms with Crippen molar-refractivity contribution in [1.82, 2.24) is 14.6 Å². The van der Waals surface area contributed by atoms with Crippen molar-refractivity contribution in [2.24, 2.45) is 0 Å². The summed E-state index contributed by atoms with van der Waals surface area (Å²) in [6, 6.07) is 14.8. The van der Waals surface area contributed by atoms with E-state index in [0.717, 1.165) is 16.4 Å². The van der Waals surface area contributed by atoms with Crippen molar-refractivity contribution in [2.45, 2.75) is 37.3 Å². The average Bonchev–Trinajstić information content (AvgIpc) is 2.89. The lowest BCUT2D eigenvalue weighted by Gasteiger charge is -2.29. The second-order valence-corrected chi connectivity index (χ2v) is 10.9. The molecule has 3 N–H and O–H groups in total. The molecule has 10 nitrogen and oxygen atoms in total. The summed E-state index contributed by atoms with van der Waals surface area (Å²) in [5, 5.41) is 23.0. The van der Waals surface area contributed by atoms with Crippen LogP contribution in [0, 0.1) is 12.7 Å². The molecule has 3 rings (SSSR count). The molecule has 1 aromatic heterocycles. The highest BCUT2D eigenvalue weighted by atomic mass is 32.2. The van der Waals surface area contributed by atoms with Crippen LogP contribution in [0.5, 0.6) is 0 Å². The first kappa shape index (κ1) is 29.6. The van der Waals surface area contributed by atoms with Gasteiger partial charge >= 0.3 is 5.97 Å². The Hall–Kier alpha value is -4.00. The predicted molar refractivity (Wildman–Crippen MR) is 139 cm³/mol.